The van der Waals surface area contributed by atoms with Gasteiger partial charge in [-0.05, 0) is 18.9 Å². The van der Waals surface area contributed by atoms with Crippen molar-refractivity contribution in [3.63, 3.8) is 0 Å². The van der Waals surface area contributed by atoms with E-state index in [0.717, 1.165) is 22.9 Å². The molecule has 4 rings (SSSR count). The molecule has 2 aromatic rings. The molecule has 0 radical (unpaired) electrons. The van der Waals surface area contributed by atoms with Gasteiger partial charge in [0.05, 0.1) is 5.02 Å². The van der Waals surface area contributed by atoms with Crippen LogP contribution in [0.25, 0.3) is 10.1 Å². The Balaban J connectivity index is 1.44. The van der Waals surface area contributed by atoms with Crippen LogP contribution < -0.4 is 0 Å². The van der Waals surface area contributed by atoms with Crippen molar-refractivity contribution < 1.29 is 14.3 Å². The number of thiophene rings is 1. The van der Waals surface area contributed by atoms with Crippen molar-refractivity contribution in [1.82, 2.24) is 9.80 Å². The summed E-state index contributed by atoms with van der Waals surface area (Å²) in [5.41, 5.74) is 0. The molecule has 1 atom stereocenters. The minimum Gasteiger partial charge on any atom is -0.368 e. The van der Waals surface area contributed by atoms with Crippen molar-refractivity contribution >= 4 is 44.8 Å². The van der Waals surface area contributed by atoms with E-state index in [9.17, 15) is 9.59 Å². The van der Waals surface area contributed by atoms with Gasteiger partial charge >= 0.3 is 0 Å². The summed E-state index contributed by atoms with van der Waals surface area (Å²) in [6.07, 6.45) is 1.45. The van der Waals surface area contributed by atoms with Gasteiger partial charge in [-0.1, -0.05) is 29.8 Å². The van der Waals surface area contributed by atoms with Crippen molar-refractivity contribution in [2.24, 2.45) is 0 Å². The molecule has 0 aliphatic carbocycles. The van der Waals surface area contributed by atoms with Crippen molar-refractivity contribution in [1.29, 1.82) is 0 Å². The van der Waals surface area contributed by atoms with E-state index in [1.807, 2.05) is 29.2 Å². The van der Waals surface area contributed by atoms with Gasteiger partial charge in [-0.3, -0.25) is 9.59 Å². The van der Waals surface area contributed by atoms with E-state index in [2.05, 4.69) is 0 Å². The fraction of sp³-hybridized carbons (Fsp3) is 0.444. The minimum absolute atomic E-state index is 0.0459. The van der Waals surface area contributed by atoms with Gasteiger partial charge < -0.3 is 14.5 Å². The molecule has 0 saturated carbocycles. The van der Waals surface area contributed by atoms with Crippen LogP contribution in [-0.2, 0) is 9.53 Å². The van der Waals surface area contributed by atoms with Crippen molar-refractivity contribution in [2.45, 2.75) is 18.9 Å². The molecule has 1 aromatic carbocycles. The molecule has 0 spiro atoms. The normalized spacial score (nSPS) is 21.1. The summed E-state index contributed by atoms with van der Waals surface area (Å²) in [5.74, 6) is 0.0138. The molecule has 7 heteroatoms. The zero-order chi connectivity index (χ0) is 17.4. The molecule has 1 aromatic heterocycles. The van der Waals surface area contributed by atoms with Crippen LogP contribution in [0.5, 0.6) is 0 Å². The number of piperazine rings is 1. The van der Waals surface area contributed by atoms with Gasteiger partial charge in [0.1, 0.15) is 11.0 Å². The quantitative estimate of drug-likeness (QED) is 0.807. The van der Waals surface area contributed by atoms with Gasteiger partial charge in [-0.15, -0.1) is 11.3 Å². The third-order valence-electron chi connectivity index (χ3n) is 4.81. The van der Waals surface area contributed by atoms with E-state index in [4.69, 9.17) is 16.3 Å². The van der Waals surface area contributed by atoms with Gasteiger partial charge in [0, 0.05) is 42.9 Å². The van der Waals surface area contributed by atoms with Gasteiger partial charge in [0.15, 0.2) is 0 Å². The molecule has 0 unspecified atom stereocenters. The second kappa shape index (κ2) is 6.94. The maximum absolute atomic E-state index is 12.8. The number of amides is 2. The smallest absolute Gasteiger partial charge is 0.265 e. The molecule has 2 aliphatic rings. The molecule has 0 bridgehead atoms. The fourth-order valence-corrected chi connectivity index (χ4v) is 4.88. The van der Waals surface area contributed by atoms with E-state index in [0.29, 0.717) is 42.7 Å². The molecule has 132 valence electrons. The Morgan fingerprint density at radius 2 is 1.84 bits per heavy atom. The summed E-state index contributed by atoms with van der Waals surface area (Å²) in [4.78, 5) is 29.4. The lowest BCUT2D eigenvalue weighted by Gasteiger charge is -2.35. The maximum atomic E-state index is 12.8. The zero-order valence-corrected chi connectivity index (χ0v) is 15.3. The molecule has 0 N–H and O–H groups in total. The number of rotatable bonds is 2. The van der Waals surface area contributed by atoms with Crippen LogP contribution in [0, 0.1) is 0 Å². The summed E-state index contributed by atoms with van der Waals surface area (Å²) >= 11 is 7.85. The van der Waals surface area contributed by atoms with Gasteiger partial charge in [-0.2, -0.15) is 0 Å². The van der Waals surface area contributed by atoms with E-state index in [1.54, 1.807) is 4.90 Å². The molecule has 2 aliphatic heterocycles. The van der Waals surface area contributed by atoms with Gasteiger partial charge in [-0.25, -0.2) is 0 Å². The van der Waals surface area contributed by atoms with Crippen molar-refractivity contribution in [3.8, 4) is 0 Å². The summed E-state index contributed by atoms with van der Waals surface area (Å²) in [7, 11) is 0. The first-order chi connectivity index (χ1) is 12.1. The lowest BCUT2D eigenvalue weighted by Crippen LogP contribution is -2.52. The first-order valence-corrected chi connectivity index (χ1v) is 9.71. The van der Waals surface area contributed by atoms with E-state index in [1.165, 1.54) is 11.3 Å². The topological polar surface area (TPSA) is 49.9 Å². The Morgan fingerprint density at radius 1 is 1.12 bits per heavy atom. The predicted octanol–water partition coefficient (Wildman–Crippen LogP) is 3.02. The number of carbonyl (C=O) groups is 2. The molecule has 2 amide bonds. The number of ether oxygens (including phenoxy) is 1. The summed E-state index contributed by atoms with van der Waals surface area (Å²) in [6, 6.07) is 7.77. The SMILES string of the molecule is O=C(c1sc2ccccc2c1Cl)N1CCN(C(=O)[C@@H]2CCCO2)CC1. The molecule has 2 saturated heterocycles. The molecule has 2 fully saturated rings. The molecular formula is C18H19ClN2O3S. The van der Waals surface area contributed by atoms with Crippen LogP contribution in [0.4, 0.5) is 0 Å². The number of fused-ring (bicyclic) bond motifs is 1. The minimum atomic E-state index is -0.292. The van der Waals surface area contributed by atoms with E-state index >= 15 is 0 Å². The predicted molar refractivity (Wildman–Crippen MR) is 98.3 cm³/mol. The van der Waals surface area contributed by atoms with Crippen LogP contribution in [0.15, 0.2) is 24.3 Å². The number of hydrogen-bond donors (Lipinski definition) is 0. The fourth-order valence-electron chi connectivity index (χ4n) is 3.40. The number of nitrogens with zero attached hydrogens (tertiary/aromatic N) is 2. The van der Waals surface area contributed by atoms with Crippen LogP contribution in [0.1, 0.15) is 22.5 Å². The average molecular weight is 379 g/mol. The first kappa shape index (κ1) is 16.8. The Labute approximate surface area is 155 Å². The highest BCUT2D eigenvalue weighted by Gasteiger charge is 2.32. The van der Waals surface area contributed by atoms with E-state index < -0.39 is 0 Å². The van der Waals surface area contributed by atoms with Crippen molar-refractivity contribution in [3.05, 3.63) is 34.2 Å². The van der Waals surface area contributed by atoms with Crippen LogP contribution in [0.3, 0.4) is 0 Å². The summed E-state index contributed by atoms with van der Waals surface area (Å²) in [6.45, 7) is 2.82. The highest BCUT2D eigenvalue weighted by molar-refractivity contribution is 7.21. The van der Waals surface area contributed by atoms with Crippen LogP contribution in [-0.4, -0.2) is 60.5 Å². The van der Waals surface area contributed by atoms with Crippen molar-refractivity contribution in [2.75, 3.05) is 32.8 Å². The second-order valence-corrected chi connectivity index (χ2v) is 7.79. The monoisotopic (exact) mass is 378 g/mol. The Morgan fingerprint density at radius 3 is 2.52 bits per heavy atom. The first-order valence-electron chi connectivity index (χ1n) is 8.52. The highest BCUT2D eigenvalue weighted by Crippen LogP contribution is 2.36. The van der Waals surface area contributed by atoms with Gasteiger partial charge in [0.2, 0.25) is 0 Å². The van der Waals surface area contributed by atoms with E-state index in [-0.39, 0.29) is 17.9 Å². The standard InChI is InChI=1S/C18H19ClN2O3S/c19-15-12-4-1-2-6-14(12)25-16(15)18(23)21-9-7-20(8-10-21)17(22)13-5-3-11-24-13/h1-2,4,6,13H,3,5,7-11H2/t13-/m0/s1. The average Bonchev–Trinajstić information content (AvgIpc) is 3.30. The van der Waals surface area contributed by atoms with Gasteiger partial charge in [0.25, 0.3) is 11.8 Å². The maximum Gasteiger partial charge on any atom is 0.265 e. The van der Waals surface area contributed by atoms with Crippen LogP contribution >= 0.6 is 22.9 Å². The summed E-state index contributed by atoms with van der Waals surface area (Å²) < 4.78 is 6.49. The third kappa shape index (κ3) is 3.14. The third-order valence-corrected chi connectivity index (χ3v) is 6.48. The highest BCUT2D eigenvalue weighted by atomic mass is 35.5. The molecular weight excluding hydrogens is 360 g/mol. The number of carbonyl (C=O) groups excluding carboxylic acids is 2. The Bertz CT molecular complexity index is 808. The lowest BCUT2D eigenvalue weighted by atomic mass is 10.2. The Kier molecular flexibility index (Phi) is 4.67. The number of hydrogen-bond acceptors (Lipinski definition) is 4. The summed E-state index contributed by atoms with van der Waals surface area (Å²) in [5, 5.41) is 1.45. The number of halogens is 1. The Hall–Kier alpha value is -1.63. The van der Waals surface area contributed by atoms with Crippen LogP contribution in [0.2, 0.25) is 5.02 Å². The second-order valence-electron chi connectivity index (χ2n) is 6.36. The molecule has 25 heavy (non-hydrogen) atoms. The lowest BCUT2D eigenvalue weighted by molar-refractivity contribution is -0.142. The molecule has 3 heterocycles. The zero-order valence-electron chi connectivity index (χ0n) is 13.7. The number of benzene rings is 1. The molecule has 5 nitrogen and oxygen atoms in total. The largest absolute Gasteiger partial charge is 0.368 e.